The van der Waals surface area contributed by atoms with Crippen LogP contribution in [0.25, 0.3) is 0 Å². The molecule has 3 unspecified atom stereocenters. The van der Waals surface area contributed by atoms with E-state index in [1.54, 1.807) is 16.8 Å². The van der Waals surface area contributed by atoms with E-state index in [1.807, 2.05) is 0 Å². The van der Waals surface area contributed by atoms with E-state index in [9.17, 15) is 4.79 Å². The maximum absolute atomic E-state index is 11.6. The molecular formula is C17H28N2OS2. The molecule has 0 radical (unpaired) electrons. The van der Waals surface area contributed by atoms with E-state index in [0.29, 0.717) is 4.64 Å². The summed E-state index contributed by atoms with van der Waals surface area (Å²) in [6, 6.07) is 1.77. The predicted molar refractivity (Wildman–Crippen MR) is 98.2 cm³/mol. The summed E-state index contributed by atoms with van der Waals surface area (Å²) in [7, 11) is 0. The van der Waals surface area contributed by atoms with Crippen molar-refractivity contribution in [3.05, 3.63) is 27.4 Å². The lowest BCUT2D eigenvalue weighted by molar-refractivity contribution is 0.556. The smallest absolute Gasteiger partial charge is 0.301 e. The van der Waals surface area contributed by atoms with Gasteiger partial charge in [0.1, 0.15) is 4.64 Å². The van der Waals surface area contributed by atoms with Gasteiger partial charge in [0.2, 0.25) is 0 Å². The van der Waals surface area contributed by atoms with Crippen molar-refractivity contribution in [2.45, 2.75) is 64.2 Å². The monoisotopic (exact) mass is 340 g/mol. The molecule has 0 spiro atoms. The standard InChI is InChI=1S/C17H28N2OS2/c1-13-11-14(2)15(12-13)22-10-6-4-3-5-8-19-9-7-16(21)18-17(19)20/h7,9,13-15H,3-6,8,10-12H2,1-2H3,(H,18,20,21). The highest BCUT2D eigenvalue weighted by Gasteiger charge is 2.28. The molecule has 1 aromatic heterocycles. The highest BCUT2D eigenvalue weighted by Crippen LogP contribution is 2.38. The van der Waals surface area contributed by atoms with Crippen molar-refractivity contribution in [3.8, 4) is 0 Å². The van der Waals surface area contributed by atoms with Gasteiger partial charge in [0.25, 0.3) is 0 Å². The Labute approximate surface area is 142 Å². The van der Waals surface area contributed by atoms with Gasteiger partial charge >= 0.3 is 5.69 Å². The summed E-state index contributed by atoms with van der Waals surface area (Å²) in [4.78, 5) is 14.3. The van der Waals surface area contributed by atoms with Crippen molar-refractivity contribution in [3.63, 3.8) is 0 Å². The molecule has 22 heavy (non-hydrogen) atoms. The number of hydrogen-bond acceptors (Lipinski definition) is 3. The molecule has 1 fully saturated rings. The van der Waals surface area contributed by atoms with E-state index in [4.69, 9.17) is 12.2 Å². The SMILES string of the molecule is CC1CC(C)C(SCCCCCCn2ccc(=S)[nH]c2=O)C1. The lowest BCUT2D eigenvalue weighted by Gasteiger charge is -2.14. The van der Waals surface area contributed by atoms with Crippen LogP contribution in [0.2, 0.25) is 0 Å². The van der Waals surface area contributed by atoms with E-state index in [2.05, 4.69) is 30.6 Å². The number of nitrogens with zero attached hydrogens (tertiary/aromatic N) is 1. The molecule has 3 atom stereocenters. The third kappa shape index (κ3) is 5.58. The topological polar surface area (TPSA) is 37.8 Å². The molecule has 0 amide bonds. The van der Waals surface area contributed by atoms with Crippen molar-refractivity contribution in [1.29, 1.82) is 0 Å². The van der Waals surface area contributed by atoms with Gasteiger partial charge in [0.05, 0.1) is 0 Å². The van der Waals surface area contributed by atoms with Crippen LogP contribution in [0.5, 0.6) is 0 Å². The van der Waals surface area contributed by atoms with Crippen LogP contribution >= 0.6 is 24.0 Å². The van der Waals surface area contributed by atoms with Crippen LogP contribution in [-0.2, 0) is 6.54 Å². The average molecular weight is 341 g/mol. The van der Waals surface area contributed by atoms with Crippen molar-refractivity contribution >= 4 is 24.0 Å². The van der Waals surface area contributed by atoms with Gasteiger partial charge < -0.3 is 4.57 Å². The maximum Gasteiger partial charge on any atom is 0.326 e. The highest BCUT2D eigenvalue weighted by molar-refractivity contribution is 7.99. The Balaban J connectivity index is 1.54. The predicted octanol–water partition coefficient (Wildman–Crippen LogP) is 4.63. The maximum atomic E-state index is 11.6. The normalized spacial score (nSPS) is 24.7. The van der Waals surface area contributed by atoms with Gasteiger partial charge in [0, 0.05) is 18.0 Å². The molecule has 1 heterocycles. The molecule has 3 nitrogen and oxygen atoms in total. The van der Waals surface area contributed by atoms with Gasteiger partial charge in [-0.15, -0.1) is 0 Å². The number of aromatic amines is 1. The second kappa shape index (κ2) is 8.92. The Bertz CT molecular complexity index is 566. The van der Waals surface area contributed by atoms with E-state index in [0.717, 1.165) is 30.1 Å². The number of aryl methyl sites for hydroxylation is 1. The lowest BCUT2D eigenvalue weighted by Crippen LogP contribution is -2.22. The molecule has 1 N–H and O–H groups in total. The zero-order chi connectivity index (χ0) is 15.9. The van der Waals surface area contributed by atoms with Crippen molar-refractivity contribution in [2.75, 3.05) is 5.75 Å². The van der Waals surface area contributed by atoms with Gasteiger partial charge in [-0.1, -0.05) is 38.9 Å². The minimum absolute atomic E-state index is 0.0904. The second-order valence-electron chi connectivity index (χ2n) is 6.68. The Morgan fingerprint density at radius 1 is 1.27 bits per heavy atom. The number of unbranched alkanes of at least 4 members (excludes halogenated alkanes) is 3. The first-order valence-electron chi connectivity index (χ1n) is 8.47. The summed E-state index contributed by atoms with van der Waals surface area (Å²) in [5.41, 5.74) is -0.0904. The van der Waals surface area contributed by atoms with Gasteiger partial charge in [-0.25, -0.2) is 4.79 Å². The number of thioether (sulfide) groups is 1. The fraction of sp³-hybridized carbons (Fsp3) is 0.765. The summed E-state index contributed by atoms with van der Waals surface area (Å²) in [6.45, 7) is 5.58. The number of H-pyrrole nitrogens is 1. The molecular weight excluding hydrogens is 312 g/mol. The van der Waals surface area contributed by atoms with Crippen LogP contribution in [0.1, 0.15) is 52.4 Å². The largest absolute Gasteiger partial charge is 0.326 e. The third-order valence-electron chi connectivity index (χ3n) is 4.57. The van der Waals surface area contributed by atoms with Crippen LogP contribution in [0.4, 0.5) is 0 Å². The molecule has 0 aliphatic heterocycles. The van der Waals surface area contributed by atoms with Crippen LogP contribution < -0.4 is 5.69 Å². The summed E-state index contributed by atoms with van der Waals surface area (Å²) >= 11 is 7.11. The summed E-state index contributed by atoms with van der Waals surface area (Å²) in [5.74, 6) is 3.11. The molecule has 0 aromatic carbocycles. The van der Waals surface area contributed by atoms with Crippen LogP contribution in [-0.4, -0.2) is 20.6 Å². The second-order valence-corrected chi connectivity index (χ2v) is 8.47. The molecule has 124 valence electrons. The zero-order valence-electron chi connectivity index (χ0n) is 13.7. The Morgan fingerprint density at radius 3 is 2.73 bits per heavy atom. The fourth-order valence-electron chi connectivity index (χ4n) is 3.34. The molecule has 1 saturated carbocycles. The van der Waals surface area contributed by atoms with E-state index in [-0.39, 0.29) is 5.69 Å². The van der Waals surface area contributed by atoms with E-state index in [1.165, 1.54) is 37.9 Å². The van der Waals surface area contributed by atoms with Crippen molar-refractivity contribution < 1.29 is 0 Å². The highest BCUT2D eigenvalue weighted by atomic mass is 32.2. The van der Waals surface area contributed by atoms with Crippen LogP contribution in [0.15, 0.2) is 17.1 Å². The number of rotatable bonds is 8. The van der Waals surface area contributed by atoms with Gasteiger partial charge in [-0.3, -0.25) is 4.98 Å². The number of nitrogens with one attached hydrogen (secondary N) is 1. The van der Waals surface area contributed by atoms with E-state index < -0.39 is 0 Å². The molecule has 1 aromatic rings. The fourth-order valence-corrected chi connectivity index (χ4v) is 5.06. The number of hydrogen-bond donors (Lipinski definition) is 1. The summed E-state index contributed by atoms with van der Waals surface area (Å²) < 4.78 is 2.22. The first kappa shape index (κ1) is 17.8. The molecule has 2 rings (SSSR count). The molecule has 0 saturated heterocycles. The van der Waals surface area contributed by atoms with Gasteiger partial charge in [-0.2, -0.15) is 11.8 Å². The summed E-state index contributed by atoms with van der Waals surface area (Å²) in [5, 5.41) is 0.890. The average Bonchev–Trinajstić information content (AvgIpc) is 2.78. The van der Waals surface area contributed by atoms with Crippen molar-refractivity contribution in [2.24, 2.45) is 11.8 Å². The minimum Gasteiger partial charge on any atom is -0.301 e. The third-order valence-corrected chi connectivity index (χ3v) is 6.41. The first-order valence-corrected chi connectivity index (χ1v) is 9.93. The Morgan fingerprint density at radius 2 is 2.05 bits per heavy atom. The van der Waals surface area contributed by atoms with Gasteiger partial charge in [0.15, 0.2) is 0 Å². The van der Waals surface area contributed by atoms with Gasteiger partial charge in [-0.05, 0) is 49.3 Å². The Hall–Kier alpha value is -0.550. The van der Waals surface area contributed by atoms with Crippen LogP contribution in [0, 0.1) is 16.5 Å². The zero-order valence-corrected chi connectivity index (χ0v) is 15.3. The van der Waals surface area contributed by atoms with Crippen LogP contribution in [0.3, 0.4) is 0 Å². The molecule has 5 heteroatoms. The summed E-state index contributed by atoms with van der Waals surface area (Å²) in [6.07, 6.45) is 9.43. The number of aromatic nitrogens is 2. The van der Waals surface area contributed by atoms with E-state index >= 15 is 0 Å². The molecule has 1 aliphatic rings. The first-order chi connectivity index (χ1) is 10.6. The molecule has 1 aliphatic carbocycles. The lowest BCUT2D eigenvalue weighted by atomic mass is 10.1. The Kier molecular flexibility index (Phi) is 7.22. The minimum atomic E-state index is -0.0904. The molecule has 0 bridgehead atoms. The van der Waals surface area contributed by atoms with Crippen molar-refractivity contribution in [1.82, 2.24) is 9.55 Å². The quantitative estimate of drug-likeness (QED) is 0.553.